The van der Waals surface area contributed by atoms with Gasteiger partial charge in [0.1, 0.15) is 12.3 Å². The molecule has 31 heavy (non-hydrogen) atoms. The maximum Gasteiger partial charge on any atom is 0.326 e. The minimum Gasteiger partial charge on any atom is -0.497 e. The average molecular weight is 485 g/mol. The number of carbonyl (C=O) groups excluding carboxylic acids is 1. The molecule has 0 amide bonds. The molecule has 0 saturated carbocycles. The first kappa shape index (κ1) is 23.0. The molecular formula is C19H20N2O7S3. The number of ether oxygens (including phenoxy) is 2. The lowest BCUT2D eigenvalue weighted by atomic mass is 10.3. The zero-order chi connectivity index (χ0) is 22.8. The minimum absolute atomic E-state index is 0.0181. The Morgan fingerprint density at radius 2 is 1.71 bits per heavy atom. The van der Waals surface area contributed by atoms with E-state index in [9.17, 15) is 21.6 Å². The Labute approximate surface area is 183 Å². The molecule has 12 heteroatoms. The van der Waals surface area contributed by atoms with Gasteiger partial charge in [0.05, 0.1) is 33.7 Å². The number of thiazole rings is 1. The minimum atomic E-state index is -4.11. The Kier molecular flexibility index (Phi) is 6.53. The van der Waals surface area contributed by atoms with Crippen LogP contribution in [0.4, 0.5) is 0 Å². The molecule has 166 valence electrons. The van der Waals surface area contributed by atoms with E-state index in [0.717, 1.165) is 17.6 Å². The Morgan fingerprint density at radius 1 is 1.06 bits per heavy atom. The summed E-state index contributed by atoms with van der Waals surface area (Å²) >= 11 is 0.964. The van der Waals surface area contributed by atoms with Gasteiger partial charge in [0.2, 0.25) is 4.80 Å². The van der Waals surface area contributed by atoms with Crippen molar-refractivity contribution in [2.24, 2.45) is 4.40 Å². The maximum atomic E-state index is 12.8. The smallest absolute Gasteiger partial charge is 0.326 e. The van der Waals surface area contributed by atoms with Crippen molar-refractivity contribution < 1.29 is 31.1 Å². The molecule has 0 aliphatic carbocycles. The number of sulfone groups is 1. The Morgan fingerprint density at radius 3 is 2.29 bits per heavy atom. The quantitative estimate of drug-likeness (QED) is 0.470. The van der Waals surface area contributed by atoms with Crippen molar-refractivity contribution in [3.63, 3.8) is 0 Å². The van der Waals surface area contributed by atoms with Crippen molar-refractivity contribution >= 4 is 47.4 Å². The molecule has 0 radical (unpaired) electrons. The number of nitrogens with zero attached hydrogens (tertiary/aromatic N) is 2. The van der Waals surface area contributed by atoms with E-state index in [4.69, 9.17) is 9.47 Å². The SMILES string of the molecule is CCOC(=O)Cn1c(=NS(=O)(=O)c2ccc(OC)cc2)sc2cc(S(C)(=O)=O)ccc21. The van der Waals surface area contributed by atoms with Gasteiger partial charge in [-0.15, -0.1) is 4.40 Å². The van der Waals surface area contributed by atoms with Crippen LogP contribution in [0.5, 0.6) is 5.75 Å². The predicted octanol–water partition coefficient (Wildman–Crippen LogP) is 1.97. The van der Waals surface area contributed by atoms with Crippen molar-refractivity contribution in [1.29, 1.82) is 0 Å². The predicted molar refractivity (Wildman–Crippen MR) is 115 cm³/mol. The fraction of sp³-hybridized carbons (Fsp3) is 0.263. The summed E-state index contributed by atoms with van der Waals surface area (Å²) in [5.41, 5.74) is 0.467. The average Bonchev–Trinajstić information content (AvgIpc) is 3.03. The molecule has 1 heterocycles. The zero-order valence-corrected chi connectivity index (χ0v) is 19.4. The van der Waals surface area contributed by atoms with Crippen molar-refractivity contribution in [3.8, 4) is 5.75 Å². The van der Waals surface area contributed by atoms with Crippen molar-refractivity contribution in [2.45, 2.75) is 23.3 Å². The van der Waals surface area contributed by atoms with E-state index in [2.05, 4.69) is 4.40 Å². The van der Waals surface area contributed by atoms with Gasteiger partial charge in [0.25, 0.3) is 10.0 Å². The monoisotopic (exact) mass is 484 g/mol. The first-order chi connectivity index (χ1) is 14.5. The van der Waals surface area contributed by atoms with Crippen molar-refractivity contribution in [1.82, 2.24) is 4.57 Å². The van der Waals surface area contributed by atoms with Gasteiger partial charge in [0, 0.05) is 6.26 Å². The van der Waals surface area contributed by atoms with E-state index in [1.165, 1.54) is 54.1 Å². The number of fused-ring (bicyclic) bond motifs is 1. The topological polar surface area (TPSA) is 121 Å². The summed E-state index contributed by atoms with van der Waals surface area (Å²) in [7, 11) is -6.11. The van der Waals surface area contributed by atoms with Crippen LogP contribution in [0.25, 0.3) is 10.2 Å². The number of hydrogen-bond acceptors (Lipinski definition) is 8. The van der Waals surface area contributed by atoms with Gasteiger partial charge >= 0.3 is 5.97 Å². The summed E-state index contributed by atoms with van der Waals surface area (Å²) in [5, 5.41) is 0. The third-order valence-electron chi connectivity index (χ3n) is 4.23. The molecule has 0 spiro atoms. The summed E-state index contributed by atoms with van der Waals surface area (Å²) in [6.45, 7) is 1.55. The van der Waals surface area contributed by atoms with Gasteiger partial charge < -0.3 is 14.0 Å². The van der Waals surface area contributed by atoms with Crippen LogP contribution >= 0.6 is 11.3 Å². The fourth-order valence-corrected chi connectivity index (χ4v) is 5.74. The molecule has 0 bridgehead atoms. The summed E-state index contributed by atoms with van der Waals surface area (Å²) in [6, 6.07) is 10.1. The Bertz CT molecular complexity index is 1400. The highest BCUT2D eigenvalue weighted by molar-refractivity contribution is 7.90. The summed E-state index contributed by atoms with van der Waals surface area (Å²) in [5.74, 6) is -0.0795. The normalized spacial score (nSPS) is 12.8. The van der Waals surface area contributed by atoms with Crippen LogP contribution in [-0.4, -0.2) is 47.3 Å². The first-order valence-electron chi connectivity index (χ1n) is 8.99. The second-order valence-electron chi connectivity index (χ2n) is 6.42. The third-order valence-corrected chi connectivity index (χ3v) is 7.78. The lowest BCUT2D eigenvalue weighted by Gasteiger charge is -2.06. The molecule has 0 atom stereocenters. The first-order valence-corrected chi connectivity index (χ1v) is 13.1. The molecule has 0 aliphatic heterocycles. The van der Waals surface area contributed by atoms with Gasteiger partial charge in [-0.3, -0.25) is 4.79 Å². The fourth-order valence-electron chi connectivity index (χ4n) is 2.75. The van der Waals surface area contributed by atoms with E-state index in [1.807, 2.05) is 0 Å². The van der Waals surface area contributed by atoms with E-state index >= 15 is 0 Å². The highest BCUT2D eigenvalue weighted by atomic mass is 32.2. The number of carbonyl (C=O) groups is 1. The molecule has 1 aromatic heterocycles. The van der Waals surface area contributed by atoms with Crippen LogP contribution < -0.4 is 9.54 Å². The van der Waals surface area contributed by atoms with Crippen LogP contribution in [-0.2, 0) is 35.9 Å². The summed E-state index contributed by atoms with van der Waals surface area (Å²) in [6.07, 6.45) is 1.08. The van der Waals surface area contributed by atoms with Crippen LogP contribution in [0.15, 0.2) is 56.7 Å². The van der Waals surface area contributed by atoms with E-state index in [0.29, 0.717) is 16.0 Å². The largest absolute Gasteiger partial charge is 0.497 e. The number of rotatable bonds is 7. The molecule has 0 aliphatic rings. The van der Waals surface area contributed by atoms with Gasteiger partial charge in [0.15, 0.2) is 9.84 Å². The molecule has 0 saturated heterocycles. The van der Waals surface area contributed by atoms with E-state index < -0.39 is 25.8 Å². The number of aromatic nitrogens is 1. The van der Waals surface area contributed by atoms with Gasteiger partial charge in [-0.05, 0) is 49.4 Å². The van der Waals surface area contributed by atoms with Crippen LogP contribution in [0.1, 0.15) is 6.92 Å². The van der Waals surface area contributed by atoms with Crippen molar-refractivity contribution in [2.75, 3.05) is 20.0 Å². The molecule has 0 unspecified atom stereocenters. The standard InChI is InChI=1S/C19H20N2O7S3/c1-4-28-18(22)12-21-16-10-9-15(30(3,23)24)11-17(16)29-19(21)20-31(25,26)14-7-5-13(27-2)6-8-14/h5-11H,4,12H2,1-3H3. The highest BCUT2D eigenvalue weighted by Gasteiger charge is 2.18. The van der Waals surface area contributed by atoms with Gasteiger partial charge in [-0.2, -0.15) is 8.42 Å². The van der Waals surface area contributed by atoms with Crippen LogP contribution in [0.2, 0.25) is 0 Å². The maximum absolute atomic E-state index is 12.8. The summed E-state index contributed by atoms with van der Waals surface area (Å²) < 4.78 is 65.3. The second-order valence-corrected chi connectivity index (χ2v) is 11.0. The zero-order valence-electron chi connectivity index (χ0n) is 16.9. The Hall–Kier alpha value is -2.70. The van der Waals surface area contributed by atoms with Crippen molar-refractivity contribution in [3.05, 3.63) is 47.3 Å². The molecule has 9 nitrogen and oxygen atoms in total. The lowest BCUT2D eigenvalue weighted by Crippen LogP contribution is -2.23. The highest BCUT2D eigenvalue weighted by Crippen LogP contribution is 2.23. The molecular weight excluding hydrogens is 464 g/mol. The molecule has 3 rings (SSSR count). The lowest BCUT2D eigenvalue weighted by molar-refractivity contribution is -0.143. The number of methoxy groups -OCH3 is 1. The number of benzene rings is 2. The van der Waals surface area contributed by atoms with Gasteiger partial charge in [-0.1, -0.05) is 11.3 Å². The van der Waals surface area contributed by atoms with Gasteiger partial charge in [-0.25, -0.2) is 8.42 Å². The van der Waals surface area contributed by atoms with Crippen LogP contribution in [0.3, 0.4) is 0 Å². The molecule has 0 fully saturated rings. The molecule has 0 N–H and O–H groups in total. The number of hydrogen-bond donors (Lipinski definition) is 0. The third kappa shape index (κ3) is 5.14. The van der Waals surface area contributed by atoms with Crippen LogP contribution in [0, 0.1) is 0 Å². The number of sulfonamides is 1. The van der Waals surface area contributed by atoms with E-state index in [-0.39, 0.29) is 27.7 Å². The summed E-state index contributed by atoms with van der Waals surface area (Å²) in [4.78, 5) is 12.1. The second kappa shape index (κ2) is 8.81. The number of esters is 1. The Balaban J connectivity index is 2.21. The molecule has 3 aromatic rings. The molecule has 2 aromatic carbocycles. The van der Waals surface area contributed by atoms with E-state index in [1.54, 1.807) is 6.92 Å².